The quantitative estimate of drug-likeness (QED) is 0.640. The number of aromatic hydroxyl groups is 1. The molecule has 0 fully saturated rings. The Morgan fingerprint density at radius 3 is 2.47 bits per heavy atom. The number of carbonyl (C=O) groups is 1. The first-order valence-electron chi connectivity index (χ1n) is 5.42. The Morgan fingerprint density at radius 1 is 1.37 bits per heavy atom. The molecule has 0 aromatic heterocycles. The Bertz CT molecular complexity index is 564. The van der Waals surface area contributed by atoms with Gasteiger partial charge in [0.15, 0.2) is 0 Å². The van der Waals surface area contributed by atoms with Gasteiger partial charge < -0.3 is 10.4 Å². The van der Waals surface area contributed by atoms with Crippen LogP contribution in [0.5, 0.6) is 5.75 Å². The summed E-state index contributed by atoms with van der Waals surface area (Å²) in [5.74, 6) is -0.341. The number of rotatable bonds is 5. The average Bonchev–Trinajstić information content (AvgIpc) is 2.37. The van der Waals surface area contributed by atoms with Crippen LogP contribution in [0.3, 0.4) is 0 Å². The highest BCUT2D eigenvalue weighted by atomic mass is 33.1. The predicted octanol–water partition coefficient (Wildman–Crippen LogP) is 1.78. The summed E-state index contributed by atoms with van der Waals surface area (Å²) in [6.07, 6.45) is 2.42. The van der Waals surface area contributed by atoms with Crippen molar-refractivity contribution < 1.29 is 18.3 Å². The maximum atomic E-state index is 11.5. The van der Waals surface area contributed by atoms with Gasteiger partial charge in [0.1, 0.15) is 5.75 Å². The SMILES string of the molecule is CSS(=O)(=O)/C=C\C(=O)NC(C)c1ccc(O)cc1. The maximum absolute atomic E-state index is 11.5. The molecule has 1 atom stereocenters. The molecule has 5 nitrogen and oxygen atoms in total. The van der Waals surface area contributed by atoms with Crippen molar-refractivity contribution in [3.63, 3.8) is 0 Å². The molecule has 1 unspecified atom stereocenters. The van der Waals surface area contributed by atoms with Crippen molar-refractivity contribution >= 4 is 25.6 Å². The van der Waals surface area contributed by atoms with Crippen molar-refractivity contribution in [3.05, 3.63) is 41.3 Å². The van der Waals surface area contributed by atoms with Gasteiger partial charge in [-0.1, -0.05) is 12.1 Å². The highest BCUT2D eigenvalue weighted by Gasteiger charge is 2.09. The molecule has 0 aliphatic rings. The molecule has 2 N–H and O–H groups in total. The van der Waals surface area contributed by atoms with Crippen LogP contribution in [0.1, 0.15) is 18.5 Å². The first-order valence-corrected chi connectivity index (χ1v) is 8.71. The summed E-state index contributed by atoms with van der Waals surface area (Å²) in [5.41, 5.74) is 0.812. The summed E-state index contributed by atoms with van der Waals surface area (Å²) in [5, 5.41) is 12.7. The van der Waals surface area contributed by atoms with Gasteiger partial charge in [-0.15, -0.1) is 0 Å². The van der Waals surface area contributed by atoms with Crippen molar-refractivity contribution in [1.82, 2.24) is 5.32 Å². The summed E-state index contributed by atoms with van der Waals surface area (Å²) >= 11 is 0. The summed E-state index contributed by atoms with van der Waals surface area (Å²) in [4.78, 5) is 11.5. The first-order chi connectivity index (χ1) is 8.84. The van der Waals surface area contributed by atoms with Gasteiger partial charge in [0.05, 0.1) is 6.04 Å². The molecule has 1 aromatic carbocycles. The molecule has 0 aliphatic heterocycles. The van der Waals surface area contributed by atoms with E-state index in [1.807, 2.05) is 0 Å². The molecular formula is C12H15NO4S2. The van der Waals surface area contributed by atoms with E-state index in [0.29, 0.717) is 10.8 Å². The number of hydrogen-bond acceptors (Lipinski definition) is 5. The van der Waals surface area contributed by atoms with Gasteiger partial charge in [0, 0.05) is 11.5 Å². The van der Waals surface area contributed by atoms with Crippen LogP contribution in [-0.4, -0.2) is 25.7 Å². The minimum atomic E-state index is -3.38. The van der Waals surface area contributed by atoms with Gasteiger partial charge >= 0.3 is 0 Å². The van der Waals surface area contributed by atoms with Crippen LogP contribution in [0.15, 0.2) is 35.7 Å². The molecule has 1 rings (SSSR count). The highest BCUT2D eigenvalue weighted by Crippen LogP contribution is 2.16. The summed E-state index contributed by atoms with van der Waals surface area (Å²) in [6, 6.07) is 6.12. The fraction of sp³-hybridized carbons (Fsp3) is 0.250. The Kier molecular flexibility index (Phi) is 5.44. The molecule has 1 aromatic rings. The largest absolute Gasteiger partial charge is 0.508 e. The van der Waals surface area contributed by atoms with Crippen LogP contribution < -0.4 is 5.32 Å². The zero-order valence-electron chi connectivity index (χ0n) is 10.5. The molecule has 0 saturated heterocycles. The van der Waals surface area contributed by atoms with Crippen LogP contribution in [0.25, 0.3) is 0 Å². The van der Waals surface area contributed by atoms with E-state index in [4.69, 9.17) is 5.11 Å². The molecule has 0 radical (unpaired) electrons. The molecule has 0 aliphatic carbocycles. The highest BCUT2D eigenvalue weighted by molar-refractivity contribution is 8.72. The van der Waals surface area contributed by atoms with E-state index in [1.54, 1.807) is 19.1 Å². The average molecular weight is 301 g/mol. The standard InChI is InChI=1S/C12H15NO4S2/c1-9(10-3-5-11(14)6-4-10)13-12(15)7-8-19(16,17)18-2/h3-9,14H,1-2H3,(H,13,15)/b8-7-. The van der Waals surface area contributed by atoms with Crippen LogP contribution in [0.2, 0.25) is 0 Å². The first kappa shape index (κ1) is 15.6. The number of phenolic OH excluding ortho intramolecular Hbond substituents is 1. The smallest absolute Gasteiger partial charge is 0.245 e. The third-order valence-electron chi connectivity index (χ3n) is 2.37. The Labute approximate surface area is 116 Å². The van der Waals surface area contributed by atoms with Crippen molar-refractivity contribution in [2.24, 2.45) is 0 Å². The zero-order chi connectivity index (χ0) is 14.5. The fourth-order valence-electron chi connectivity index (χ4n) is 1.31. The second-order valence-corrected chi connectivity index (χ2v) is 7.77. The molecule has 0 spiro atoms. The summed E-state index contributed by atoms with van der Waals surface area (Å²) in [7, 11) is -2.71. The second-order valence-electron chi connectivity index (χ2n) is 3.78. The van der Waals surface area contributed by atoms with Crippen molar-refractivity contribution in [2.75, 3.05) is 6.26 Å². The van der Waals surface area contributed by atoms with E-state index < -0.39 is 14.8 Å². The molecule has 0 heterocycles. The fourth-order valence-corrected chi connectivity index (χ4v) is 2.21. The number of amides is 1. The van der Waals surface area contributed by atoms with Crippen molar-refractivity contribution in [3.8, 4) is 5.75 Å². The molecule has 104 valence electrons. The Hall–Kier alpha value is -1.47. The topological polar surface area (TPSA) is 83.5 Å². The molecule has 19 heavy (non-hydrogen) atoms. The van der Waals surface area contributed by atoms with Crippen LogP contribution >= 0.6 is 10.8 Å². The van der Waals surface area contributed by atoms with Gasteiger partial charge in [-0.25, -0.2) is 8.42 Å². The van der Waals surface area contributed by atoms with Crippen molar-refractivity contribution in [2.45, 2.75) is 13.0 Å². The molecular weight excluding hydrogens is 286 g/mol. The van der Waals surface area contributed by atoms with E-state index in [2.05, 4.69) is 5.32 Å². The Morgan fingerprint density at radius 2 is 1.95 bits per heavy atom. The Balaban J connectivity index is 2.65. The lowest BCUT2D eigenvalue weighted by Gasteiger charge is -2.12. The lowest BCUT2D eigenvalue weighted by atomic mass is 10.1. The minimum Gasteiger partial charge on any atom is -0.508 e. The normalized spacial score (nSPS) is 13.4. The van der Waals surface area contributed by atoms with Gasteiger partial charge in [-0.2, -0.15) is 0 Å². The zero-order valence-corrected chi connectivity index (χ0v) is 12.2. The van der Waals surface area contributed by atoms with Crippen molar-refractivity contribution in [1.29, 1.82) is 0 Å². The third kappa shape index (κ3) is 5.35. The molecule has 1 amide bonds. The number of phenols is 1. The molecule has 7 heteroatoms. The van der Waals surface area contributed by atoms with Gasteiger partial charge in [-0.3, -0.25) is 4.79 Å². The third-order valence-corrected chi connectivity index (χ3v) is 5.03. The lowest BCUT2D eigenvalue weighted by molar-refractivity contribution is -0.117. The maximum Gasteiger partial charge on any atom is 0.245 e. The minimum absolute atomic E-state index is 0.147. The number of nitrogens with one attached hydrogen (secondary N) is 1. The molecule has 0 saturated carbocycles. The number of carbonyl (C=O) groups excluding carboxylic acids is 1. The van der Waals surface area contributed by atoms with E-state index in [1.165, 1.54) is 18.4 Å². The number of hydrogen-bond donors (Lipinski definition) is 2. The predicted molar refractivity (Wildman–Crippen MR) is 76.2 cm³/mol. The van der Waals surface area contributed by atoms with Gasteiger partial charge in [0.2, 0.25) is 14.8 Å². The van der Waals surface area contributed by atoms with Gasteiger partial charge in [-0.05, 0) is 41.7 Å². The second kappa shape index (κ2) is 6.63. The van der Waals surface area contributed by atoms with E-state index in [-0.39, 0.29) is 11.8 Å². The van der Waals surface area contributed by atoms with Crippen LogP contribution in [0, 0.1) is 0 Å². The van der Waals surface area contributed by atoms with E-state index in [9.17, 15) is 13.2 Å². The summed E-state index contributed by atoms with van der Waals surface area (Å²) < 4.78 is 22.3. The van der Waals surface area contributed by atoms with Gasteiger partial charge in [0.25, 0.3) is 0 Å². The monoisotopic (exact) mass is 301 g/mol. The van der Waals surface area contributed by atoms with Crippen LogP contribution in [-0.2, 0) is 13.7 Å². The van der Waals surface area contributed by atoms with E-state index in [0.717, 1.165) is 17.0 Å². The lowest BCUT2D eigenvalue weighted by Crippen LogP contribution is -2.24. The van der Waals surface area contributed by atoms with Crippen LogP contribution in [0.4, 0.5) is 0 Å². The van der Waals surface area contributed by atoms with E-state index >= 15 is 0 Å². The molecule has 0 bridgehead atoms. The summed E-state index contributed by atoms with van der Waals surface area (Å²) in [6.45, 7) is 1.77. The number of benzene rings is 1.